The average Bonchev–Trinajstić information content (AvgIpc) is 2.29. The van der Waals surface area contributed by atoms with Crippen molar-refractivity contribution in [2.24, 2.45) is 0 Å². The van der Waals surface area contributed by atoms with Crippen LogP contribution in [-0.2, 0) is 14.3 Å². The van der Waals surface area contributed by atoms with Gasteiger partial charge in [-0.3, -0.25) is 9.69 Å². The van der Waals surface area contributed by atoms with Gasteiger partial charge in [0.25, 0.3) is 0 Å². The molecular weight excluding hydrogens is 212 g/mol. The Hall–Kier alpha value is -0.690. The number of nitrogens with zero attached hydrogens (tertiary/aromatic N) is 1. The molecule has 1 rings (SSSR count). The summed E-state index contributed by atoms with van der Waals surface area (Å²) in [5.41, 5.74) is 0. The highest BCUT2D eigenvalue weighted by Crippen LogP contribution is 2.03. The number of morpholine rings is 1. The molecule has 94 valence electrons. The van der Waals surface area contributed by atoms with E-state index >= 15 is 0 Å². The van der Waals surface area contributed by atoms with Crippen LogP contribution in [0.3, 0.4) is 0 Å². The minimum absolute atomic E-state index is 0.00178. The first kappa shape index (κ1) is 13.4. The molecule has 0 aromatic carbocycles. The van der Waals surface area contributed by atoms with Crippen LogP contribution in [0.5, 0.6) is 0 Å². The van der Waals surface area contributed by atoms with Gasteiger partial charge in [-0.1, -0.05) is 0 Å². The van der Waals surface area contributed by atoms with Gasteiger partial charge >= 0.3 is 0 Å². The maximum atomic E-state index is 11.5. The third-order valence-electron chi connectivity index (χ3n) is 2.42. The van der Waals surface area contributed by atoms with E-state index in [0.717, 1.165) is 6.54 Å². The monoisotopic (exact) mass is 232 g/mol. The fraction of sp³-hybridized carbons (Fsp3) is 0.900. The summed E-state index contributed by atoms with van der Waals surface area (Å²) < 4.78 is 10.1. The number of hydrogen-bond donors (Lipinski definition) is 2. The van der Waals surface area contributed by atoms with E-state index in [0.29, 0.717) is 32.8 Å². The van der Waals surface area contributed by atoms with Crippen LogP contribution in [-0.4, -0.2) is 75.1 Å². The van der Waals surface area contributed by atoms with Gasteiger partial charge in [-0.25, -0.2) is 0 Å². The van der Waals surface area contributed by atoms with Crippen molar-refractivity contribution >= 4 is 5.91 Å². The summed E-state index contributed by atoms with van der Waals surface area (Å²) in [5.74, 6) is -0.0179. The molecular formula is C10H20N2O4. The van der Waals surface area contributed by atoms with Gasteiger partial charge in [0.1, 0.15) is 0 Å². The molecule has 6 nitrogen and oxygen atoms in total. The molecule has 0 aromatic rings. The molecule has 0 spiro atoms. The normalized spacial score (nSPS) is 22.0. The highest BCUT2D eigenvalue weighted by molar-refractivity contribution is 5.77. The molecule has 6 heteroatoms. The van der Waals surface area contributed by atoms with Crippen molar-refractivity contribution in [1.82, 2.24) is 10.2 Å². The zero-order chi connectivity index (χ0) is 11.8. The van der Waals surface area contributed by atoms with Crippen LogP contribution < -0.4 is 5.32 Å². The smallest absolute Gasteiger partial charge is 0.234 e. The zero-order valence-corrected chi connectivity index (χ0v) is 9.65. The summed E-state index contributed by atoms with van der Waals surface area (Å²) >= 11 is 0. The number of hydrogen-bond acceptors (Lipinski definition) is 5. The van der Waals surface area contributed by atoms with Crippen molar-refractivity contribution in [3.8, 4) is 0 Å². The summed E-state index contributed by atoms with van der Waals surface area (Å²) in [6.07, 6.45) is -0.166. The molecule has 2 N–H and O–H groups in total. The number of nitrogens with one attached hydrogen (secondary N) is 1. The van der Waals surface area contributed by atoms with E-state index in [2.05, 4.69) is 5.32 Å². The summed E-state index contributed by atoms with van der Waals surface area (Å²) in [5, 5.41) is 11.7. The number of aliphatic hydroxyl groups excluding tert-OH is 1. The number of carbonyl (C=O) groups excluding carboxylic acids is 1. The quantitative estimate of drug-likeness (QED) is 0.542. The molecule has 1 heterocycles. The second-order valence-electron chi connectivity index (χ2n) is 3.75. The van der Waals surface area contributed by atoms with E-state index in [9.17, 15) is 4.79 Å². The number of aliphatic hydroxyl groups is 1. The highest BCUT2D eigenvalue weighted by Gasteiger charge is 2.21. The minimum atomic E-state index is -0.166. The Labute approximate surface area is 95.5 Å². The Kier molecular flexibility index (Phi) is 6.32. The molecule has 0 aliphatic carbocycles. The number of amides is 1. The fourth-order valence-corrected chi connectivity index (χ4v) is 1.59. The van der Waals surface area contributed by atoms with Gasteiger partial charge in [0.05, 0.1) is 32.5 Å². The summed E-state index contributed by atoms with van der Waals surface area (Å²) in [7, 11) is 1.60. The third kappa shape index (κ3) is 4.89. The molecule has 0 bridgehead atoms. The Balaban J connectivity index is 2.17. The number of carbonyl (C=O) groups is 1. The summed E-state index contributed by atoms with van der Waals surface area (Å²) in [4.78, 5) is 13.4. The molecule has 1 atom stereocenters. The van der Waals surface area contributed by atoms with Gasteiger partial charge in [-0.15, -0.1) is 0 Å². The number of rotatable bonds is 6. The number of ether oxygens (including phenoxy) is 2. The fourth-order valence-electron chi connectivity index (χ4n) is 1.59. The zero-order valence-electron chi connectivity index (χ0n) is 9.65. The van der Waals surface area contributed by atoms with Gasteiger partial charge in [-0.2, -0.15) is 0 Å². The van der Waals surface area contributed by atoms with E-state index in [1.54, 1.807) is 7.11 Å². The SMILES string of the molecule is COCCNC(=O)CN1CCOC(CO)C1. The van der Waals surface area contributed by atoms with E-state index < -0.39 is 0 Å². The van der Waals surface area contributed by atoms with Gasteiger partial charge in [0.15, 0.2) is 0 Å². The van der Waals surface area contributed by atoms with Gasteiger partial charge < -0.3 is 19.9 Å². The van der Waals surface area contributed by atoms with Crippen LogP contribution in [0.15, 0.2) is 0 Å². The first-order valence-corrected chi connectivity index (χ1v) is 5.46. The van der Waals surface area contributed by atoms with Crippen LogP contribution >= 0.6 is 0 Å². The molecule has 1 aliphatic rings. The average molecular weight is 232 g/mol. The lowest BCUT2D eigenvalue weighted by Gasteiger charge is -2.31. The molecule has 1 unspecified atom stereocenters. The Morgan fingerprint density at radius 2 is 2.50 bits per heavy atom. The van der Waals surface area contributed by atoms with Crippen molar-refractivity contribution in [2.45, 2.75) is 6.10 Å². The second kappa shape index (κ2) is 7.56. The van der Waals surface area contributed by atoms with Gasteiger partial charge in [0.2, 0.25) is 5.91 Å². The molecule has 0 aromatic heterocycles. The Morgan fingerprint density at radius 1 is 1.69 bits per heavy atom. The minimum Gasteiger partial charge on any atom is -0.394 e. The van der Waals surface area contributed by atoms with Crippen LogP contribution in [0.2, 0.25) is 0 Å². The van der Waals surface area contributed by atoms with Crippen molar-refractivity contribution < 1.29 is 19.4 Å². The lowest BCUT2D eigenvalue weighted by Crippen LogP contribution is -2.48. The molecule has 1 fully saturated rings. The van der Waals surface area contributed by atoms with Crippen LogP contribution in [0.4, 0.5) is 0 Å². The van der Waals surface area contributed by atoms with E-state index in [4.69, 9.17) is 14.6 Å². The standard InChI is InChI=1S/C10H20N2O4/c1-15-4-2-11-10(14)7-12-3-5-16-9(6-12)8-13/h9,13H,2-8H2,1H3,(H,11,14). The third-order valence-corrected chi connectivity index (χ3v) is 2.42. The van der Waals surface area contributed by atoms with Crippen LogP contribution in [0.1, 0.15) is 0 Å². The first-order chi connectivity index (χ1) is 7.76. The van der Waals surface area contributed by atoms with Gasteiger partial charge in [-0.05, 0) is 0 Å². The predicted octanol–water partition coefficient (Wildman–Crippen LogP) is -1.56. The van der Waals surface area contributed by atoms with E-state index in [-0.39, 0.29) is 18.6 Å². The maximum Gasteiger partial charge on any atom is 0.234 e. The second-order valence-corrected chi connectivity index (χ2v) is 3.75. The van der Waals surface area contributed by atoms with E-state index in [1.165, 1.54) is 0 Å². The Bertz CT molecular complexity index is 213. The van der Waals surface area contributed by atoms with E-state index in [1.807, 2.05) is 4.90 Å². The van der Waals surface area contributed by atoms with Crippen molar-refractivity contribution in [2.75, 3.05) is 53.1 Å². The van der Waals surface area contributed by atoms with Gasteiger partial charge in [0, 0.05) is 26.7 Å². The molecule has 0 radical (unpaired) electrons. The highest BCUT2D eigenvalue weighted by atomic mass is 16.5. The topological polar surface area (TPSA) is 71.0 Å². The van der Waals surface area contributed by atoms with Crippen LogP contribution in [0, 0.1) is 0 Å². The Morgan fingerprint density at radius 3 is 3.19 bits per heavy atom. The first-order valence-electron chi connectivity index (χ1n) is 5.46. The lowest BCUT2D eigenvalue weighted by atomic mass is 10.3. The number of methoxy groups -OCH3 is 1. The molecule has 1 saturated heterocycles. The molecule has 16 heavy (non-hydrogen) atoms. The van der Waals surface area contributed by atoms with Crippen molar-refractivity contribution in [3.63, 3.8) is 0 Å². The van der Waals surface area contributed by atoms with Crippen LogP contribution in [0.25, 0.3) is 0 Å². The maximum absolute atomic E-state index is 11.5. The molecule has 1 amide bonds. The summed E-state index contributed by atoms with van der Waals surface area (Å²) in [6.45, 7) is 3.31. The van der Waals surface area contributed by atoms with Crippen molar-refractivity contribution in [3.05, 3.63) is 0 Å². The molecule has 1 aliphatic heterocycles. The van der Waals surface area contributed by atoms with Crippen molar-refractivity contribution in [1.29, 1.82) is 0 Å². The lowest BCUT2D eigenvalue weighted by molar-refractivity contribution is -0.125. The predicted molar refractivity (Wildman–Crippen MR) is 58.2 cm³/mol. The largest absolute Gasteiger partial charge is 0.394 e. The summed E-state index contributed by atoms with van der Waals surface area (Å²) in [6, 6.07) is 0. The molecule has 0 saturated carbocycles.